The summed E-state index contributed by atoms with van der Waals surface area (Å²) in [6, 6.07) is 7.95. The third-order valence-corrected chi connectivity index (χ3v) is 3.40. The molecular formula is C15H22N4O. The number of hydrogen-bond donors (Lipinski definition) is 1. The maximum Gasteiger partial charge on any atom is 0.161 e. The predicted octanol–water partition coefficient (Wildman–Crippen LogP) is 2.03. The first-order chi connectivity index (χ1) is 9.58. The number of hydrogen-bond acceptors (Lipinski definition) is 4. The fourth-order valence-electron chi connectivity index (χ4n) is 2.26. The summed E-state index contributed by atoms with van der Waals surface area (Å²) in [5.41, 5.74) is 9.50. The first-order valence-corrected chi connectivity index (χ1v) is 6.71. The van der Waals surface area contributed by atoms with Crippen molar-refractivity contribution in [2.24, 2.45) is 5.73 Å². The van der Waals surface area contributed by atoms with Gasteiger partial charge in [-0.25, -0.2) is 0 Å². The highest BCUT2D eigenvalue weighted by molar-refractivity contribution is 5.49. The van der Waals surface area contributed by atoms with E-state index in [-0.39, 0.29) is 6.04 Å². The first-order valence-electron chi connectivity index (χ1n) is 6.71. The zero-order valence-corrected chi connectivity index (χ0v) is 12.5. The van der Waals surface area contributed by atoms with E-state index in [9.17, 15) is 0 Å². The minimum atomic E-state index is -0.257. The number of nitrogens with two attached hydrogens (primary N) is 1. The third kappa shape index (κ3) is 2.63. The van der Waals surface area contributed by atoms with Gasteiger partial charge in [0.05, 0.1) is 19.3 Å². The molecule has 108 valence electrons. The van der Waals surface area contributed by atoms with Crippen molar-refractivity contribution < 1.29 is 4.74 Å². The Balaban J connectivity index is 2.43. The van der Waals surface area contributed by atoms with Gasteiger partial charge in [0.1, 0.15) is 5.69 Å². The molecule has 5 heteroatoms. The van der Waals surface area contributed by atoms with Gasteiger partial charge in [0.15, 0.2) is 5.75 Å². The molecule has 2 rings (SSSR count). The van der Waals surface area contributed by atoms with Gasteiger partial charge < -0.3 is 15.4 Å². The van der Waals surface area contributed by atoms with Gasteiger partial charge >= 0.3 is 0 Å². The van der Waals surface area contributed by atoms with Crippen LogP contribution in [0.25, 0.3) is 0 Å². The van der Waals surface area contributed by atoms with Crippen LogP contribution in [0.2, 0.25) is 0 Å². The lowest BCUT2D eigenvalue weighted by Crippen LogP contribution is -2.18. The summed E-state index contributed by atoms with van der Waals surface area (Å²) < 4.78 is 7.26. The van der Waals surface area contributed by atoms with Gasteiger partial charge in [0, 0.05) is 26.3 Å². The van der Waals surface area contributed by atoms with Crippen molar-refractivity contribution in [1.29, 1.82) is 0 Å². The summed E-state index contributed by atoms with van der Waals surface area (Å²) in [7, 11) is 5.67. The average Bonchev–Trinajstić information content (AvgIpc) is 2.89. The fourth-order valence-corrected chi connectivity index (χ4v) is 2.26. The van der Waals surface area contributed by atoms with E-state index in [1.807, 2.05) is 37.8 Å². The third-order valence-electron chi connectivity index (χ3n) is 3.40. The zero-order valence-electron chi connectivity index (χ0n) is 12.5. The van der Waals surface area contributed by atoms with E-state index in [2.05, 4.69) is 22.1 Å². The molecule has 0 radical (unpaired) electrons. The monoisotopic (exact) mass is 274 g/mol. The Hall–Kier alpha value is -2.01. The van der Waals surface area contributed by atoms with Gasteiger partial charge in [-0.15, -0.1) is 0 Å². The maximum absolute atomic E-state index is 6.42. The lowest BCUT2D eigenvalue weighted by atomic mass is 10.0. The molecule has 0 aliphatic carbocycles. The highest BCUT2D eigenvalue weighted by atomic mass is 16.5. The molecule has 0 saturated carbocycles. The summed E-state index contributed by atoms with van der Waals surface area (Å²) in [5.74, 6) is 0.731. The molecule has 2 N–H and O–H groups in total. The van der Waals surface area contributed by atoms with Crippen molar-refractivity contribution >= 4 is 5.69 Å². The minimum absolute atomic E-state index is 0.257. The van der Waals surface area contributed by atoms with Crippen LogP contribution in [-0.4, -0.2) is 31.0 Å². The molecule has 1 atom stereocenters. The zero-order chi connectivity index (χ0) is 14.7. The molecular weight excluding hydrogens is 252 g/mol. The lowest BCUT2D eigenvalue weighted by molar-refractivity contribution is 0.404. The molecule has 0 fully saturated rings. The Kier molecular flexibility index (Phi) is 4.29. The predicted molar refractivity (Wildman–Crippen MR) is 81.3 cm³/mol. The van der Waals surface area contributed by atoms with Gasteiger partial charge in [0.2, 0.25) is 0 Å². The number of anilines is 1. The molecule has 1 aromatic carbocycles. The quantitative estimate of drug-likeness (QED) is 0.906. The Morgan fingerprint density at radius 1 is 1.40 bits per heavy atom. The van der Waals surface area contributed by atoms with Crippen LogP contribution in [0.5, 0.6) is 5.75 Å². The molecule has 5 nitrogen and oxygen atoms in total. The molecule has 0 bridgehead atoms. The van der Waals surface area contributed by atoms with Crippen LogP contribution in [0.4, 0.5) is 5.69 Å². The second kappa shape index (κ2) is 5.96. The summed E-state index contributed by atoms with van der Waals surface area (Å²) in [6.07, 6.45) is 1.72. The smallest absolute Gasteiger partial charge is 0.161 e. The molecule has 0 aliphatic rings. The van der Waals surface area contributed by atoms with E-state index in [1.165, 1.54) is 0 Å². The van der Waals surface area contributed by atoms with Gasteiger partial charge in [-0.2, -0.15) is 5.10 Å². The van der Waals surface area contributed by atoms with Crippen molar-refractivity contribution in [2.45, 2.75) is 19.5 Å². The first kappa shape index (κ1) is 14.4. The molecule has 0 saturated heterocycles. The van der Waals surface area contributed by atoms with Crippen molar-refractivity contribution in [2.75, 3.05) is 26.1 Å². The number of aryl methyl sites for hydroxylation is 1. The lowest BCUT2D eigenvalue weighted by Gasteiger charge is -2.18. The Morgan fingerprint density at radius 2 is 2.15 bits per heavy atom. The summed E-state index contributed by atoms with van der Waals surface area (Å²) in [5, 5.41) is 4.31. The van der Waals surface area contributed by atoms with E-state index in [4.69, 9.17) is 10.5 Å². The summed E-state index contributed by atoms with van der Waals surface area (Å²) in [4.78, 5) is 2.06. The highest BCUT2D eigenvalue weighted by Crippen LogP contribution is 2.29. The van der Waals surface area contributed by atoms with Gasteiger partial charge in [0.25, 0.3) is 0 Å². The van der Waals surface area contributed by atoms with Crippen molar-refractivity contribution in [1.82, 2.24) is 9.78 Å². The number of ether oxygens (including phenoxy) is 1. The van der Waals surface area contributed by atoms with Gasteiger partial charge in [-0.05, 0) is 24.6 Å². The number of benzene rings is 1. The summed E-state index contributed by atoms with van der Waals surface area (Å²) >= 11 is 0. The second-order valence-corrected chi connectivity index (χ2v) is 4.88. The number of methoxy groups -OCH3 is 1. The molecule has 2 aromatic rings. The topological polar surface area (TPSA) is 56.3 Å². The summed E-state index contributed by atoms with van der Waals surface area (Å²) in [6.45, 7) is 2.80. The van der Waals surface area contributed by atoms with Crippen LogP contribution in [0, 0.1) is 0 Å². The molecule has 1 aromatic heterocycles. The minimum Gasteiger partial charge on any atom is -0.493 e. The second-order valence-electron chi connectivity index (χ2n) is 4.88. The van der Waals surface area contributed by atoms with Crippen LogP contribution in [0.1, 0.15) is 24.2 Å². The van der Waals surface area contributed by atoms with Crippen molar-refractivity contribution in [3.8, 4) is 5.75 Å². The van der Waals surface area contributed by atoms with Crippen LogP contribution in [0.3, 0.4) is 0 Å². The highest BCUT2D eigenvalue weighted by Gasteiger charge is 2.20. The van der Waals surface area contributed by atoms with Crippen LogP contribution in [-0.2, 0) is 6.54 Å². The molecule has 0 amide bonds. The molecule has 0 spiro atoms. The maximum atomic E-state index is 6.42. The number of rotatable bonds is 5. The molecule has 1 heterocycles. The normalized spacial score (nSPS) is 12.2. The Bertz CT molecular complexity index is 556. The largest absolute Gasteiger partial charge is 0.493 e. The van der Waals surface area contributed by atoms with Gasteiger partial charge in [-0.3, -0.25) is 4.68 Å². The van der Waals surface area contributed by atoms with Crippen LogP contribution < -0.4 is 15.4 Å². The average molecular weight is 274 g/mol. The number of aromatic nitrogens is 2. The standard InChI is InChI=1S/C15H22N4O/c1-5-19-15(13(20-4)10-17-19)14(16)11-7-6-8-12(9-11)18(2)3/h6-10,14H,5,16H2,1-4H3. The van der Waals surface area contributed by atoms with E-state index in [0.29, 0.717) is 0 Å². The SMILES string of the molecule is CCn1ncc(OC)c1C(N)c1cccc(N(C)C)c1. The van der Waals surface area contributed by atoms with Gasteiger partial charge in [-0.1, -0.05) is 12.1 Å². The molecule has 1 unspecified atom stereocenters. The van der Waals surface area contributed by atoms with Crippen molar-refractivity contribution in [3.05, 3.63) is 41.7 Å². The van der Waals surface area contributed by atoms with Crippen LogP contribution in [0.15, 0.2) is 30.5 Å². The van der Waals surface area contributed by atoms with Crippen LogP contribution >= 0.6 is 0 Å². The van der Waals surface area contributed by atoms with E-state index >= 15 is 0 Å². The Morgan fingerprint density at radius 3 is 2.75 bits per heavy atom. The fraction of sp³-hybridized carbons (Fsp3) is 0.400. The molecule has 0 aliphatic heterocycles. The number of nitrogens with zero attached hydrogens (tertiary/aromatic N) is 3. The van der Waals surface area contributed by atoms with E-state index in [0.717, 1.165) is 29.2 Å². The molecule has 20 heavy (non-hydrogen) atoms. The van der Waals surface area contributed by atoms with E-state index < -0.39 is 0 Å². The van der Waals surface area contributed by atoms with E-state index in [1.54, 1.807) is 13.3 Å². The Labute approximate surface area is 119 Å². The van der Waals surface area contributed by atoms with Crippen molar-refractivity contribution in [3.63, 3.8) is 0 Å².